The normalized spacial score (nSPS) is 18.8. The van der Waals surface area contributed by atoms with Gasteiger partial charge in [0.05, 0.1) is 19.6 Å². The minimum absolute atomic E-state index is 0.0189. The number of nitrogens with one attached hydrogen (secondary N) is 1. The number of carbonyl (C=O) groups excluding carboxylic acids is 1. The van der Waals surface area contributed by atoms with E-state index in [9.17, 15) is 4.79 Å². The molecule has 1 heterocycles. The molecule has 3 nitrogen and oxygen atoms in total. The van der Waals surface area contributed by atoms with Crippen LogP contribution in [0.25, 0.3) is 0 Å². The molecule has 122 valence electrons. The number of piperidine rings is 1. The summed E-state index contributed by atoms with van der Waals surface area (Å²) >= 11 is 0. The van der Waals surface area contributed by atoms with Gasteiger partial charge in [0, 0.05) is 5.69 Å². The third-order valence-electron chi connectivity index (χ3n) is 5.46. The lowest BCUT2D eigenvalue weighted by molar-refractivity contribution is -0.943. The fourth-order valence-electron chi connectivity index (χ4n) is 3.97. The third kappa shape index (κ3) is 3.35. The maximum atomic E-state index is 12.8. The zero-order valence-electron chi connectivity index (χ0n) is 14.8. The van der Waals surface area contributed by atoms with E-state index in [1.807, 2.05) is 0 Å². The zero-order valence-corrected chi connectivity index (χ0v) is 14.8. The number of hydrogen-bond donors (Lipinski definition) is 1. The van der Waals surface area contributed by atoms with Gasteiger partial charge in [-0.15, -0.1) is 0 Å². The monoisotopic (exact) mass is 303 g/mol. The van der Waals surface area contributed by atoms with E-state index in [2.05, 4.69) is 52.1 Å². The van der Waals surface area contributed by atoms with Crippen molar-refractivity contribution in [2.24, 2.45) is 0 Å². The Morgan fingerprint density at radius 3 is 2.18 bits per heavy atom. The zero-order chi connectivity index (χ0) is 16.3. The summed E-state index contributed by atoms with van der Waals surface area (Å²) in [4.78, 5) is 12.8. The number of hydrogen-bond acceptors (Lipinski definition) is 1. The first kappa shape index (κ1) is 17.0. The maximum Gasteiger partial charge on any atom is 0.282 e. The van der Waals surface area contributed by atoms with Gasteiger partial charge in [-0.2, -0.15) is 0 Å². The highest BCUT2D eigenvalue weighted by Gasteiger charge is 2.38. The number of nitrogens with zero attached hydrogens (tertiary/aromatic N) is 1. The van der Waals surface area contributed by atoms with Crippen molar-refractivity contribution in [1.29, 1.82) is 0 Å². The second-order valence-corrected chi connectivity index (χ2v) is 6.98. The average molecular weight is 303 g/mol. The number of aryl methyl sites for hydroxylation is 3. The van der Waals surface area contributed by atoms with Crippen LogP contribution in [0.5, 0.6) is 0 Å². The van der Waals surface area contributed by atoms with Crippen LogP contribution in [-0.4, -0.2) is 36.1 Å². The molecule has 1 unspecified atom stereocenters. The Morgan fingerprint density at radius 1 is 1.14 bits per heavy atom. The third-order valence-corrected chi connectivity index (χ3v) is 5.46. The number of anilines is 1. The fourth-order valence-corrected chi connectivity index (χ4v) is 3.97. The van der Waals surface area contributed by atoms with Gasteiger partial charge in [-0.25, -0.2) is 0 Å². The van der Waals surface area contributed by atoms with Crippen LogP contribution in [0.2, 0.25) is 0 Å². The predicted molar refractivity (Wildman–Crippen MR) is 93.1 cm³/mol. The number of likely N-dealkylation sites (tertiary alicyclic amines) is 1. The summed E-state index contributed by atoms with van der Waals surface area (Å²) in [6.45, 7) is 13.9. The minimum Gasteiger partial charge on any atom is -0.320 e. The van der Waals surface area contributed by atoms with E-state index in [1.54, 1.807) is 0 Å². The van der Waals surface area contributed by atoms with Crippen molar-refractivity contribution in [3.63, 3.8) is 0 Å². The van der Waals surface area contributed by atoms with Gasteiger partial charge in [0.1, 0.15) is 0 Å². The predicted octanol–water partition coefficient (Wildman–Crippen LogP) is 3.96. The SMILES string of the molecule is CC[N+]1(C(C)C(=O)Nc2c(C)cc(C)cc2C)CCCCC1. The lowest BCUT2D eigenvalue weighted by Crippen LogP contribution is -2.60. The number of quaternary nitrogens is 1. The van der Waals surface area contributed by atoms with Gasteiger partial charge in [-0.05, 0) is 65.0 Å². The molecule has 1 amide bonds. The molecular formula is C19H31N2O+. The van der Waals surface area contributed by atoms with E-state index >= 15 is 0 Å². The van der Waals surface area contributed by atoms with Crippen molar-refractivity contribution in [2.45, 2.75) is 59.9 Å². The Hall–Kier alpha value is -1.35. The number of carbonyl (C=O) groups is 1. The summed E-state index contributed by atoms with van der Waals surface area (Å²) in [5, 5.41) is 3.21. The molecule has 1 aromatic carbocycles. The fraction of sp³-hybridized carbons (Fsp3) is 0.632. The quantitative estimate of drug-likeness (QED) is 0.838. The summed E-state index contributed by atoms with van der Waals surface area (Å²) < 4.78 is 0.940. The molecule has 22 heavy (non-hydrogen) atoms. The Kier molecular flexibility index (Phi) is 5.28. The van der Waals surface area contributed by atoms with Crippen molar-refractivity contribution >= 4 is 11.6 Å². The van der Waals surface area contributed by atoms with Gasteiger partial charge >= 0.3 is 0 Å². The van der Waals surface area contributed by atoms with Gasteiger partial charge in [0.25, 0.3) is 5.91 Å². The van der Waals surface area contributed by atoms with E-state index < -0.39 is 0 Å². The molecule has 2 rings (SSSR count). The molecule has 1 aliphatic rings. The summed E-state index contributed by atoms with van der Waals surface area (Å²) in [7, 11) is 0. The molecule has 1 N–H and O–H groups in total. The second kappa shape index (κ2) is 6.82. The molecule has 1 saturated heterocycles. The lowest BCUT2D eigenvalue weighted by Gasteiger charge is -2.44. The Bertz CT molecular complexity index is 521. The summed E-state index contributed by atoms with van der Waals surface area (Å²) in [5.41, 5.74) is 4.54. The second-order valence-electron chi connectivity index (χ2n) is 6.98. The van der Waals surface area contributed by atoms with E-state index in [1.165, 1.54) is 24.8 Å². The lowest BCUT2D eigenvalue weighted by atomic mass is 10.0. The van der Waals surface area contributed by atoms with E-state index in [-0.39, 0.29) is 11.9 Å². The Morgan fingerprint density at radius 2 is 1.68 bits per heavy atom. The highest BCUT2D eigenvalue weighted by Crippen LogP contribution is 2.26. The van der Waals surface area contributed by atoms with Gasteiger partial charge < -0.3 is 9.80 Å². The van der Waals surface area contributed by atoms with Gasteiger partial charge in [0.15, 0.2) is 6.04 Å². The van der Waals surface area contributed by atoms with Gasteiger partial charge in [-0.1, -0.05) is 17.7 Å². The van der Waals surface area contributed by atoms with E-state index in [4.69, 9.17) is 0 Å². The molecule has 0 bridgehead atoms. The number of rotatable bonds is 4. The maximum absolute atomic E-state index is 12.8. The number of amides is 1. The minimum atomic E-state index is 0.0189. The first-order chi connectivity index (χ1) is 10.4. The van der Waals surface area contributed by atoms with Crippen LogP contribution in [0.3, 0.4) is 0 Å². The smallest absolute Gasteiger partial charge is 0.282 e. The van der Waals surface area contributed by atoms with Crippen LogP contribution in [0, 0.1) is 20.8 Å². The van der Waals surface area contributed by atoms with Gasteiger partial charge in [0.2, 0.25) is 0 Å². The topological polar surface area (TPSA) is 29.1 Å². The van der Waals surface area contributed by atoms with Crippen LogP contribution < -0.4 is 5.32 Å². The molecule has 1 aromatic rings. The van der Waals surface area contributed by atoms with Gasteiger partial charge in [-0.3, -0.25) is 4.79 Å². The van der Waals surface area contributed by atoms with E-state index in [0.717, 1.165) is 40.9 Å². The van der Waals surface area contributed by atoms with Crippen molar-refractivity contribution in [2.75, 3.05) is 25.0 Å². The largest absolute Gasteiger partial charge is 0.320 e. The van der Waals surface area contributed by atoms with Crippen molar-refractivity contribution in [3.05, 3.63) is 28.8 Å². The highest BCUT2D eigenvalue weighted by atomic mass is 16.2. The van der Waals surface area contributed by atoms with Crippen LogP contribution >= 0.6 is 0 Å². The van der Waals surface area contributed by atoms with Crippen molar-refractivity contribution in [3.8, 4) is 0 Å². The Balaban J connectivity index is 2.18. The summed E-state index contributed by atoms with van der Waals surface area (Å²) in [5.74, 6) is 0.166. The molecule has 1 fully saturated rings. The molecule has 1 aliphatic heterocycles. The first-order valence-corrected chi connectivity index (χ1v) is 8.64. The van der Waals surface area contributed by atoms with Crippen LogP contribution in [0.1, 0.15) is 49.8 Å². The molecular weight excluding hydrogens is 272 g/mol. The van der Waals surface area contributed by atoms with Crippen molar-refractivity contribution < 1.29 is 9.28 Å². The molecule has 0 spiro atoms. The summed E-state index contributed by atoms with van der Waals surface area (Å²) in [6, 6.07) is 4.29. The number of benzene rings is 1. The van der Waals surface area contributed by atoms with E-state index in [0.29, 0.717) is 0 Å². The molecule has 1 atom stereocenters. The molecule has 0 aromatic heterocycles. The highest BCUT2D eigenvalue weighted by molar-refractivity contribution is 5.95. The molecule has 0 aliphatic carbocycles. The first-order valence-electron chi connectivity index (χ1n) is 8.64. The van der Waals surface area contributed by atoms with Crippen molar-refractivity contribution in [1.82, 2.24) is 0 Å². The number of likely N-dealkylation sites (N-methyl/N-ethyl adjacent to an activating group) is 1. The van der Waals surface area contributed by atoms with Crippen LogP contribution in [0.15, 0.2) is 12.1 Å². The average Bonchev–Trinajstić information content (AvgIpc) is 2.50. The Labute approximate surface area is 135 Å². The molecule has 0 saturated carbocycles. The summed E-state index contributed by atoms with van der Waals surface area (Å²) in [6.07, 6.45) is 3.80. The standard InChI is InChI=1S/C19H30N2O/c1-6-21(10-8-7-9-11-21)17(5)19(22)20-18-15(3)12-14(2)13-16(18)4/h12-13,17H,6-11H2,1-5H3/p+1. The van der Waals surface area contributed by atoms with Crippen LogP contribution in [0.4, 0.5) is 5.69 Å². The molecule has 0 radical (unpaired) electrons. The molecule has 3 heteroatoms. The van der Waals surface area contributed by atoms with Crippen LogP contribution in [-0.2, 0) is 4.79 Å².